The summed E-state index contributed by atoms with van der Waals surface area (Å²) in [4.78, 5) is 0. The summed E-state index contributed by atoms with van der Waals surface area (Å²) in [6.45, 7) is 13.2. The van der Waals surface area contributed by atoms with Gasteiger partial charge in [0.15, 0.2) is 0 Å². The molecule has 0 fully saturated rings. The van der Waals surface area contributed by atoms with Crippen molar-refractivity contribution >= 4 is 0 Å². The van der Waals surface area contributed by atoms with Crippen LogP contribution in [0.1, 0.15) is 100 Å². The Labute approximate surface area is 476 Å². The summed E-state index contributed by atoms with van der Waals surface area (Å²) in [5.41, 5.74) is 40.9. The molecule has 18 rings (SSSR count). The molecule has 0 N–H and O–H groups in total. The molecule has 384 valence electrons. The molecule has 0 amide bonds. The second kappa shape index (κ2) is 17.3. The van der Waals surface area contributed by atoms with E-state index in [1.807, 2.05) is 0 Å². The standard InChI is InChI=1S/3C27H20/c1-17-12-14-25-22(15-17)21-13-11-18(2)16-26(21)27(25)23-9-5-3-7-19(23)20-8-4-6-10-24(20)27;1-17-11-13-25-21(15-17)22-16-18(2)12-14-26(22)27(25)23-9-5-3-7-19(23)20-8-4-6-10-24(20)27;1-17-11-13-21-22-14-12-18(2)16-26(22)27(25(21)15-17)23-9-5-3-7-19(23)20-8-4-6-10-24(20)27/h3*3-16H,1-2H3. The SMILES string of the molecule is Cc1ccc2c(c1)-c1cc(C)ccc1C21c2ccccc2-c2ccccc21.Cc1ccc2c(c1)-c1ccc(C)cc1C21c2ccccc2-c2ccccc21.Cc1ccc2c(c1)C1(c3ccccc3-c3ccccc31)c1cc(C)ccc1-2. The van der Waals surface area contributed by atoms with Crippen LogP contribution in [0.4, 0.5) is 0 Å². The van der Waals surface area contributed by atoms with Crippen molar-refractivity contribution in [1.29, 1.82) is 0 Å². The minimum atomic E-state index is -0.199. The van der Waals surface area contributed by atoms with Gasteiger partial charge in [-0.3, -0.25) is 0 Å². The molecule has 0 saturated heterocycles. The predicted octanol–water partition coefficient (Wildman–Crippen LogP) is 19.9. The van der Waals surface area contributed by atoms with Crippen molar-refractivity contribution in [2.75, 3.05) is 0 Å². The molecule has 0 heteroatoms. The van der Waals surface area contributed by atoms with Gasteiger partial charge in [-0.15, -0.1) is 0 Å². The summed E-state index contributed by atoms with van der Waals surface area (Å²) >= 11 is 0. The van der Waals surface area contributed by atoms with Gasteiger partial charge in [0.1, 0.15) is 0 Å². The highest BCUT2D eigenvalue weighted by atomic mass is 14.6. The van der Waals surface area contributed by atoms with Gasteiger partial charge in [0.25, 0.3) is 0 Å². The summed E-state index contributed by atoms with van der Waals surface area (Å²) in [6.07, 6.45) is 0. The third-order valence-corrected chi connectivity index (χ3v) is 19.2. The molecule has 0 heterocycles. The second-order valence-corrected chi connectivity index (χ2v) is 23.8. The van der Waals surface area contributed by atoms with Gasteiger partial charge >= 0.3 is 0 Å². The molecule has 0 aliphatic heterocycles. The van der Waals surface area contributed by atoms with E-state index in [9.17, 15) is 0 Å². The molecule has 12 aromatic carbocycles. The van der Waals surface area contributed by atoms with E-state index in [0.717, 1.165) is 0 Å². The molecular weight excluding hydrogens is 973 g/mol. The zero-order chi connectivity index (χ0) is 54.5. The Morgan fingerprint density at radius 1 is 0.148 bits per heavy atom. The third-order valence-electron chi connectivity index (χ3n) is 19.2. The summed E-state index contributed by atoms with van der Waals surface area (Å²) in [5, 5.41) is 0. The lowest BCUT2D eigenvalue weighted by Gasteiger charge is -2.30. The molecule has 0 atom stereocenters. The van der Waals surface area contributed by atoms with E-state index in [-0.39, 0.29) is 16.2 Å². The Morgan fingerprint density at radius 3 is 0.605 bits per heavy atom. The van der Waals surface area contributed by atoms with Crippen molar-refractivity contribution in [3.63, 3.8) is 0 Å². The first-order valence-corrected chi connectivity index (χ1v) is 28.9. The summed E-state index contributed by atoms with van der Waals surface area (Å²) in [7, 11) is 0. The molecule has 0 radical (unpaired) electrons. The molecule has 6 aliphatic carbocycles. The molecule has 0 bridgehead atoms. The minimum absolute atomic E-state index is 0.195. The first kappa shape index (κ1) is 47.6. The fourth-order valence-corrected chi connectivity index (χ4v) is 16.1. The topological polar surface area (TPSA) is 0 Å². The van der Waals surface area contributed by atoms with E-state index in [4.69, 9.17) is 0 Å². The van der Waals surface area contributed by atoms with Crippen LogP contribution in [0.2, 0.25) is 0 Å². The van der Waals surface area contributed by atoms with Gasteiger partial charge in [-0.25, -0.2) is 0 Å². The second-order valence-electron chi connectivity index (χ2n) is 23.8. The van der Waals surface area contributed by atoms with Crippen molar-refractivity contribution in [2.45, 2.75) is 57.8 Å². The monoisotopic (exact) mass is 1030 g/mol. The van der Waals surface area contributed by atoms with E-state index in [2.05, 4.69) is 296 Å². The molecule has 12 aromatic rings. The van der Waals surface area contributed by atoms with E-state index < -0.39 is 0 Å². The fourth-order valence-electron chi connectivity index (χ4n) is 16.1. The van der Waals surface area contributed by atoms with Crippen LogP contribution in [0.3, 0.4) is 0 Å². The van der Waals surface area contributed by atoms with E-state index in [1.54, 1.807) is 0 Å². The Hall–Kier alpha value is -9.36. The number of fused-ring (bicyclic) bond motifs is 30. The van der Waals surface area contributed by atoms with Gasteiger partial charge < -0.3 is 0 Å². The Morgan fingerprint density at radius 2 is 0.321 bits per heavy atom. The number of aryl methyl sites for hydroxylation is 6. The van der Waals surface area contributed by atoms with Crippen molar-refractivity contribution in [3.8, 4) is 66.8 Å². The fraction of sp³-hybridized carbons (Fsp3) is 0.111. The van der Waals surface area contributed by atoms with Crippen molar-refractivity contribution in [2.24, 2.45) is 0 Å². The van der Waals surface area contributed by atoms with Crippen molar-refractivity contribution in [1.82, 2.24) is 0 Å². The average molecular weight is 1030 g/mol. The number of benzene rings is 12. The number of rotatable bonds is 0. The van der Waals surface area contributed by atoms with Crippen LogP contribution >= 0.6 is 0 Å². The molecule has 81 heavy (non-hydrogen) atoms. The maximum Gasteiger partial charge on any atom is 0.0725 e. The summed E-state index contributed by atoms with van der Waals surface area (Å²) in [5.74, 6) is 0. The largest absolute Gasteiger partial charge is 0.0725 e. The minimum Gasteiger partial charge on any atom is -0.0619 e. The van der Waals surface area contributed by atoms with E-state index in [0.29, 0.717) is 0 Å². The van der Waals surface area contributed by atoms with Gasteiger partial charge in [-0.1, -0.05) is 288 Å². The molecule has 3 spiro atoms. The first-order chi connectivity index (χ1) is 39.6. The lowest BCUT2D eigenvalue weighted by molar-refractivity contribution is 0.791. The zero-order valence-corrected chi connectivity index (χ0v) is 46.7. The highest BCUT2D eigenvalue weighted by molar-refractivity contribution is 5.98. The summed E-state index contributed by atoms with van der Waals surface area (Å²) < 4.78 is 0. The van der Waals surface area contributed by atoms with Crippen LogP contribution in [0.15, 0.2) is 255 Å². The van der Waals surface area contributed by atoms with Crippen LogP contribution in [0.5, 0.6) is 0 Å². The zero-order valence-electron chi connectivity index (χ0n) is 46.7. The molecule has 6 aliphatic rings. The van der Waals surface area contributed by atoms with E-state index in [1.165, 1.54) is 167 Å². The normalized spacial score (nSPS) is 14.6. The van der Waals surface area contributed by atoms with Gasteiger partial charge in [0, 0.05) is 0 Å². The molecule has 0 saturated carbocycles. The smallest absolute Gasteiger partial charge is 0.0619 e. The highest BCUT2D eigenvalue weighted by Gasteiger charge is 2.54. The molecular formula is C81H60. The van der Waals surface area contributed by atoms with Gasteiger partial charge in [-0.2, -0.15) is 0 Å². The predicted molar refractivity (Wildman–Crippen MR) is 337 cm³/mol. The first-order valence-electron chi connectivity index (χ1n) is 28.9. The summed E-state index contributed by atoms with van der Waals surface area (Å²) in [6, 6.07) is 95.7. The number of hydrogen-bond acceptors (Lipinski definition) is 0. The number of hydrogen-bond donors (Lipinski definition) is 0. The Kier molecular flexibility index (Phi) is 10.2. The van der Waals surface area contributed by atoms with Gasteiger partial charge in [0.05, 0.1) is 16.2 Å². The van der Waals surface area contributed by atoms with Gasteiger partial charge in [0.2, 0.25) is 0 Å². The average Bonchev–Trinajstić information content (AvgIpc) is 4.46. The van der Waals surface area contributed by atoms with Crippen LogP contribution in [-0.4, -0.2) is 0 Å². The third kappa shape index (κ3) is 6.26. The van der Waals surface area contributed by atoms with Crippen molar-refractivity contribution in [3.05, 3.63) is 355 Å². The lowest BCUT2D eigenvalue weighted by atomic mass is 9.70. The molecule has 0 nitrogen and oxygen atoms in total. The lowest BCUT2D eigenvalue weighted by Crippen LogP contribution is -2.26. The maximum absolute atomic E-state index is 2.41. The van der Waals surface area contributed by atoms with Crippen LogP contribution in [-0.2, 0) is 16.2 Å². The van der Waals surface area contributed by atoms with Crippen LogP contribution < -0.4 is 0 Å². The van der Waals surface area contributed by atoms with Crippen LogP contribution in [0.25, 0.3) is 66.8 Å². The van der Waals surface area contributed by atoms with Crippen LogP contribution in [0, 0.1) is 41.5 Å². The van der Waals surface area contributed by atoms with Gasteiger partial charge in [-0.05, 0) is 175 Å². The van der Waals surface area contributed by atoms with E-state index >= 15 is 0 Å². The Bertz CT molecular complexity index is 4430. The van der Waals surface area contributed by atoms with Crippen molar-refractivity contribution < 1.29 is 0 Å². The molecule has 0 aromatic heterocycles. The quantitative estimate of drug-likeness (QED) is 0.142. The molecule has 0 unspecified atom stereocenters. The highest BCUT2D eigenvalue weighted by Crippen LogP contribution is 2.66. The maximum atomic E-state index is 2.41. The Balaban J connectivity index is 0.000000100.